The molecule has 5 nitrogen and oxygen atoms in total. The lowest BCUT2D eigenvalue weighted by Crippen LogP contribution is -1.97. The minimum atomic E-state index is 0.581. The number of nitriles is 3. The molecule has 0 spiro atoms. The molecule has 9 aromatic rings. The first-order chi connectivity index (χ1) is 24.7. The summed E-state index contributed by atoms with van der Waals surface area (Å²) in [6, 6.07) is 57.9. The number of hydrogen-bond donors (Lipinski definition) is 0. The molecule has 0 aliphatic carbocycles. The SMILES string of the molecule is N#Cc1ccc2c(c1)c1ccccc1n2-c1ccc(-c2ccc(-c3ccccc3-n3c4ccccc4c4cc(C#N)ccc43)cc2)c(C#N)c1. The van der Waals surface area contributed by atoms with E-state index in [2.05, 4.69) is 106 Å². The predicted octanol–water partition coefficient (Wildman–Crippen LogP) is 10.8. The first kappa shape index (κ1) is 28.8. The standard InChI is InChI=1S/C45H25N5/c46-26-29-13-21-44-39(23-29)37-8-2-5-11-42(37)49(44)34-19-20-35(33(25-34)28-48)31-15-17-32(18-16-31)36-7-1-4-10-41(36)50-43-12-6-3-9-38(43)40-24-30(27-47)14-22-45(40)50/h1-25H. The first-order valence-corrected chi connectivity index (χ1v) is 16.3. The van der Waals surface area contributed by atoms with Crippen molar-refractivity contribution in [3.8, 4) is 51.8 Å². The number of rotatable bonds is 4. The molecule has 0 aliphatic heterocycles. The van der Waals surface area contributed by atoms with Crippen molar-refractivity contribution in [2.24, 2.45) is 0 Å². The Morgan fingerprint density at radius 3 is 1.52 bits per heavy atom. The molecule has 0 unspecified atom stereocenters. The summed E-state index contributed by atoms with van der Waals surface area (Å²) < 4.78 is 4.43. The molecule has 230 valence electrons. The number of nitrogens with zero attached hydrogens (tertiary/aromatic N) is 5. The number of aromatic nitrogens is 2. The summed E-state index contributed by atoms with van der Waals surface area (Å²) in [5.74, 6) is 0. The third kappa shape index (κ3) is 4.38. The lowest BCUT2D eigenvalue weighted by molar-refractivity contribution is 1.18. The first-order valence-electron chi connectivity index (χ1n) is 16.3. The van der Waals surface area contributed by atoms with Crippen LogP contribution in [0.2, 0.25) is 0 Å². The smallest absolute Gasteiger partial charge is 0.0998 e. The van der Waals surface area contributed by atoms with Gasteiger partial charge in [0, 0.05) is 32.8 Å². The van der Waals surface area contributed by atoms with Crippen LogP contribution in [0.15, 0.2) is 152 Å². The summed E-state index contributed by atoms with van der Waals surface area (Å²) in [5, 5.41) is 33.7. The van der Waals surface area contributed by atoms with Gasteiger partial charge in [-0.2, -0.15) is 15.8 Å². The molecule has 2 heterocycles. The highest BCUT2D eigenvalue weighted by molar-refractivity contribution is 6.11. The van der Waals surface area contributed by atoms with Gasteiger partial charge in [0.1, 0.15) is 0 Å². The van der Waals surface area contributed by atoms with E-state index in [0.29, 0.717) is 16.7 Å². The molecule has 0 saturated heterocycles. The summed E-state index contributed by atoms with van der Waals surface area (Å²) >= 11 is 0. The van der Waals surface area contributed by atoms with Crippen LogP contribution in [0.5, 0.6) is 0 Å². The third-order valence-electron chi connectivity index (χ3n) is 9.64. The maximum absolute atomic E-state index is 10.4. The molecule has 0 bridgehead atoms. The van der Waals surface area contributed by atoms with Gasteiger partial charge in [0.15, 0.2) is 0 Å². The average Bonchev–Trinajstić information content (AvgIpc) is 3.69. The topological polar surface area (TPSA) is 81.2 Å². The second-order valence-corrected chi connectivity index (χ2v) is 12.3. The van der Waals surface area contributed by atoms with Gasteiger partial charge >= 0.3 is 0 Å². The van der Waals surface area contributed by atoms with E-state index in [1.165, 1.54) is 0 Å². The van der Waals surface area contributed by atoms with Crippen LogP contribution < -0.4 is 0 Å². The molecule has 9 rings (SSSR count). The Kier molecular flexibility index (Phi) is 6.56. The minimum absolute atomic E-state index is 0.581. The number of para-hydroxylation sites is 3. The van der Waals surface area contributed by atoms with Crippen LogP contribution >= 0.6 is 0 Å². The van der Waals surface area contributed by atoms with Gasteiger partial charge in [0.05, 0.1) is 62.7 Å². The fourth-order valence-corrected chi connectivity index (χ4v) is 7.38. The van der Waals surface area contributed by atoms with E-state index in [4.69, 9.17) is 0 Å². The maximum atomic E-state index is 10.4. The highest BCUT2D eigenvalue weighted by Crippen LogP contribution is 2.38. The van der Waals surface area contributed by atoms with E-state index in [9.17, 15) is 15.8 Å². The van der Waals surface area contributed by atoms with Gasteiger partial charge in [-0.25, -0.2) is 0 Å². The zero-order chi connectivity index (χ0) is 33.8. The number of fused-ring (bicyclic) bond motifs is 6. The van der Waals surface area contributed by atoms with Gasteiger partial charge in [0.25, 0.3) is 0 Å². The van der Waals surface area contributed by atoms with E-state index in [0.717, 1.165) is 77.2 Å². The fourth-order valence-electron chi connectivity index (χ4n) is 7.38. The molecule has 0 fully saturated rings. The quantitative estimate of drug-likeness (QED) is 0.193. The van der Waals surface area contributed by atoms with Crippen molar-refractivity contribution in [2.75, 3.05) is 0 Å². The Morgan fingerprint density at radius 1 is 0.380 bits per heavy atom. The third-order valence-corrected chi connectivity index (χ3v) is 9.64. The van der Waals surface area contributed by atoms with Crippen molar-refractivity contribution in [1.29, 1.82) is 15.8 Å². The molecule has 0 radical (unpaired) electrons. The van der Waals surface area contributed by atoms with Crippen molar-refractivity contribution in [3.05, 3.63) is 168 Å². The van der Waals surface area contributed by atoms with Crippen LogP contribution in [0.3, 0.4) is 0 Å². The van der Waals surface area contributed by atoms with Gasteiger partial charge in [-0.1, -0.05) is 84.9 Å². The Balaban J connectivity index is 1.13. The molecule has 50 heavy (non-hydrogen) atoms. The lowest BCUT2D eigenvalue weighted by atomic mass is 9.96. The molecule has 0 N–H and O–H groups in total. The van der Waals surface area contributed by atoms with Crippen LogP contribution in [0, 0.1) is 34.0 Å². The molecular formula is C45H25N5. The minimum Gasteiger partial charge on any atom is -0.309 e. The van der Waals surface area contributed by atoms with Gasteiger partial charge in [-0.15, -0.1) is 0 Å². The van der Waals surface area contributed by atoms with Crippen molar-refractivity contribution in [3.63, 3.8) is 0 Å². The van der Waals surface area contributed by atoms with Crippen LogP contribution in [-0.2, 0) is 0 Å². The summed E-state index contributed by atoms with van der Waals surface area (Å²) in [5.41, 5.74) is 11.8. The summed E-state index contributed by atoms with van der Waals surface area (Å²) in [6.07, 6.45) is 0. The van der Waals surface area contributed by atoms with Crippen molar-refractivity contribution < 1.29 is 0 Å². The van der Waals surface area contributed by atoms with E-state index in [1.807, 2.05) is 72.8 Å². The Bertz CT molecular complexity index is 2960. The second kappa shape index (κ2) is 11.4. The maximum Gasteiger partial charge on any atom is 0.0998 e. The van der Waals surface area contributed by atoms with Gasteiger partial charge < -0.3 is 9.13 Å². The normalized spacial score (nSPS) is 11.1. The summed E-state index contributed by atoms with van der Waals surface area (Å²) in [7, 11) is 0. The van der Waals surface area contributed by atoms with Crippen molar-refractivity contribution in [1.82, 2.24) is 9.13 Å². The highest BCUT2D eigenvalue weighted by Gasteiger charge is 2.17. The zero-order valence-corrected chi connectivity index (χ0v) is 26.7. The largest absolute Gasteiger partial charge is 0.309 e. The summed E-state index contributed by atoms with van der Waals surface area (Å²) in [4.78, 5) is 0. The number of hydrogen-bond acceptors (Lipinski definition) is 3. The highest BCUT2D eigenvalue weighted by atomic mass is 15.0. The molecule has 5 heteroatoms. The monoisotopic (exact) mass is 635 g/mol. The van der Waals surface area contributed by atoms with E-state index in [1.54, 1.807) is 0 Å². The van der Waals surface area contributed by atoms with Gasteiger partial charge in [-0.05, 0) is 83.4 Å². The molecule has 0 amide bonds. The van der Waals surface area contributed by atoms with Gasteiger partial charge in [-0.3, -0.25) is 0 Å². The molecule has 7 aromatic carbocycles. The lowest BCUT2D eigenvalue weighted by Gasteiger charge is -2.15. The molecule has 0 saturated carbocycles. The molecular weight excluding hydrogens is 611 g/mol. The summed E-state index contributed by atoms with van der Waals surface area (Å²) in [6.45, 7) is 0. The second-order valence-electron chi connectivity index (χ2n) is 12.3. The number of benzene rings is 7. The van der Waals surface area contributed by atoms with E-state index < -0.39 is 0 Å². The van der Waals surface area contributed by atoms with E-state index >= 15 is 0 Å². The van der Waals surface area contributed by atoms with Gasteiger partial charge in [0.2, 0.25) is 0 Å². The van der Waals surface area contributed by atoms with Crippen LogP contribution in [0.25, 0.3) is 77.2 Å². The average molecular weight is 636 g/mol. The molecule has 0 aliphatic rings. The predicted molar refractivity (Wildman–Crippen MR) is 200 cm³/mol. The Hall–Kier alpha value is -7.39. The zero-order valence-electron chi connectivity index (χ0n) is 26.7. The van der Waals surface area contributed by atoms with Crippen LogP contribution in [0.1, 0.15) is 16.7 Å². The Labute approximate surface area is 287 Å². The van der Waals surface area contributed by atoms with Crippen molar-refractivity contribution in [2.45, 2.75) is 0 Å². The van der Waals surface area contributed by atoms with Crippen LogP contribution in [0.4, 0.5) is 0 Å². The molecule has 0 atom stereocenters. The van der Waals surface area contributed by atoms with Crippen LogP contribution in [-0.4, -0.2) is 9.13 Å². The molecule has 2 aromatic heterocycles. The van der Waals surface area contributed by atoms with Crippen molar-refractivity contribution >= 4 is 43.6 Å². The fraction of sp³-hybridized carbons (Fsp3) is 0. The van der Waals surface area contributed by atoms with E-state index in [-0.39, 0.29) is 0 Å². The Morgan fingerprint density at radius 2 is 0.900 bits per heavy atom.